The van der Waals surface area contributed by atoms with Crippen molar-refractivity contribution in [3.63, 3.8) is 0 Å². The maximum atomic E-state index is 11.0. The van der Waals surface area contributed by atoms with Gasteiger partial charge in [0.15, 0.2) is 0 Å². The first-order valence-corrected chi connectivity index (χ1v) is 6.71. The molecule has 0 aromatic heterocycles. The summed E-state index contributed by atoms with van der Waals surface area (Å²) in [4.78, 5) is 21.3. The van der Waals surface area contributed by atoms with E-state index in [1.54, 1.807) is 0 Å². The number of hydrogen-bond donors (Lipinski definition) is 1. The third-order valence-corrected chi connectivity index (χ3v) is 3.49. The van der Waals surface area contributed by atoms with Gasteiger partial charge in [0.25, 0.3) is 0 Å². The molecule has 0 fully saturated rings. The summed E-state index contributed by atoms with van der Waals surface area (Å²) in [5, 5.41) is 20.0. The second-order valence-corrected chi connectivity index (χ2v) is 5.16. The largest absolute Gasteiger partial charge is 0.478 e. The summed E-state index contributed by atoms with van der Waals surface area (Å²) in [6.07, 6.45) is 0. The molecule has 0 saturated heterocycles. The van der Waals surface area contributed by atoms with Crippen LogP contribution in [0.1, 0.15) is 10.4 Å². The molecule has 0 saturated carbocycles. The third-order valence-electron chi connectivity index (χ3n) is 2.53. The van der Waals surface area contributed by atoms with E-state index in [-0.39, 0.29) is 27.8 Å². The number of carbonyl (C=O) groups is 1. The molecular formula is C13H7BrClNO5. The van der Waals surface area contributed by atoms with Gasteiger partial charge in [-0.3, -0.25) is 10.1 Å². The molecule has 6 nitrogen and oxygen atoms in total. The topological polar surface area (TPSA) is 89.7 Å². The van der Waals surface area contributed by atoms with Crippen LogP contribution in [0.15, 0.2) is 40.9 Å². The van der Waals surface area contributed by atoms with Crippen LogP contribution in [0.2, 0.25) is 5.02 Å². The molecule has 108 valence electrons. The van der Waals surface area contributed by atoms with Crippen molar-refractivity contribution in [1.82, 2.24) is 0 Å². The molecule has 0 heterocycles. The summed E-state index contributed by atoms with van der Waals surface area (Å²) >= 11 is 9.01. The van der Waals surface area contributed by atoms with Gasteiger partial charge in [-0.25, -0.2) is 4.79 Å². The van der Waals surface area contributed by atoms with Gasteiger partial charge in [0.1, 0.15) is 5.75 Å². The maximum Gasteiger partial charge on any atom is 0.336 e. The average Bonchev–Trinajstić information content (AvgIpc) is 2.40. The molecule has 8 heteroatoms. The van der Waals surface area contributed by atoms with Crippen LogP contribution < -0.4 is 4.74 Å². The van der Waals surface area contributed by atoms with E-state index in [4.69, 9.17) is 21.4 Å². The minimum Gasteiger partial charge on any atom is -0.478 e. The molecule has 0 bridgehead atoms. The molecule has 2 aromatic carbocycles. The van der Waals surface area contributed by atoms with Crippen molar-refractivity contribution in [3.05, 3.63) is 61.6 Å². The Bertz CT molecular complexity index is 734. The highest BCUT2D eigenvalue weighted by Crippen LogP contribution is 2.38. The van der Waals surface area contributed by atoms with Crippen molar-refractivity contribution >= 4 is 39.2 Å². The smallest absolute Gasteiger partial charge is 0.336 e. The van der Waals surface area contributed by atoms with E-state index < -0.39 is 10.9 Å². The van der Waals surface area contributed by atoms with Gasteiger partial charge in [0.05, 0.1) is 15.5 Å². The zero-order chi connectivity index (χ0) is 15.6. The van der Waals surface area contributed by atoms with Crippen molar-refractivity contribution in [2.45, 2.75) is 0 Å². The first-order chi connectivity index (χ1) is 9.90. The number of carboxylic acid groups (broad SMARTS) is 1. The fourth-order valence-electron chi connectivity index (χ4n) is 1.59. The molecule has 0 radical (unpaired) electrons. The summed E-state index contributed by atoms with van der Waals surface area (Å²) in [7, 11) is 0. The molecule has 0 aliphatic rings. The highest BCUT2D eigenvalue weighted by atomic mass is 79.9. The number of halogens is 2. The highest BCUT2D eigenvalue weighted by molar-refractivity contribution is 9.10. The van der Waals surface area contributed by atoms with Gasteiger partial charge in [-0.15, -0.1) is 0 Å². The van der Waals surface area contributed by atoms with Gasteiger partial charge in [0, 0.05) is 10.5 Å². The maximum absolute atomic E-state index is 11.0. The number of carboxylic acids is 1. The van der Waals surface area contributed by atoms with Gasteiger partial charge < -0.3 is 9.84 Å². The fourth-order valence-corrected chi connectivity index (χ4v) is 2.33. The van der Waals surface area contributed by atoms with Crippen molar-refractivity contribution in [3.8, 4) is 11.5 Å². The average molecular weight is 373 g/mol. The van der Waals surface area contributed by atoms with Crippen LogP contribution in [-0.4, -0.2) is 16.0 Å². The highest BCUT2D eigenvalue weighted by Gasteiger charge is 2.19. The zero-order valence-electron chi connectivity index (χ0n) is 10.2. The van der Waals surface area contributed by atoms with Crippen LogP contribution in [0, 0.1) is 10.1 Å². The lowest BCUT2D eigenvalue weighted by atomic mass is 10.2. The van der Waals surface area contributed by atoms with Crippen molar-refractivity contribution in [2.75, 3.05) is 0 Å². The summed E-state index contributed by atoms with van der Waals surface area (Å²) in [5.41, 5.74) is -0.225. The van der Waals surface area contributed by atoms with Crippen molar-refractivity contribution < 1.29 is 19.6 Å². The van der Waals surface area contributed by atoms with Crippen LogP contribution in [-0.2, 0) is 0 Å². The molecular weight excluding hydrogens is 366 g/mol. The fraction of sp³-hybridized carbons (Fsp3) is 0. The molecule has 0 aliphatic carbocycles. The number of ether oxygens (including phenoxy) is 1. The second kappa shape index (κ2) is 6.11. The van der Waals surface area contributed by atoms with E-state index in [0.717, 1.165) is 0 Å². The molecule has 1 N–H and O–H groups in total. The summed E-state index contributed by atoms with van der Waals surface area (Å²) in [6.45, 7) is 0. The number of aromatic carboxylic acids is 1. The quantitative estimate of drug-likeness (QED) is 0.630. The van der Waals surface area contributed by atoms with Crippen LogP contribution in [0.25, 0.3) is 0 Å². The third kappa shape index (κ3) is 3.32. The number of para-hydroxylation sites is 1. The Hall–Kier alpha value is -2.12. The molecule has 2 aromatic rings. The van der Waals surface area contributed by atoms with Gasteiger partial charge in [-0.1, -0.05) is 17.7 Å². The normalized spacial score (nSPS) is 10.2. The number of hydrogen-bond acceptors (Lipinski definition) is 4. The Kier molecular flexibility index (Phi) is 4.44. The molecule has 0 unspecified atom stereocenters. The Balaban J connectivity index is 2.41. The van der Waals surface area contributed by atoms with Crippen LogP contribution in [0.4, 0.5) is 5.69 Å². The summed E-state index contributed by atoms with van der Waals surface area (Å²) < 4.78 is 5.71. The number of rotatable bonds is 4. The SMILES string of the molecule is O=C(O)c1ccc(Oc2c(Cl)cccc2[N+](=O)[O-])cc1Br. The van der Waals surface area contributed by atoms with Crippen LogP contribution in [0.5, 0.6) is 11.5 Å². The Morgan fingerprint density at radius 2 is 2.05 bits per heavy atom. The van der Waals surface area contributed by atoms with Crippen LogP contribution in [0.3, 0.4) is 0 Å². The predicted molar refractivity (Wildman–Crippen MR) is 79.3 cm³/mol. The monoisotopic (exact) mass is 371 g/mol. The number of nitro groups is 1. The number of nitrogens with zero attached hydrogens (tertiary/aromatic N) is 1. The van der Waals surface area contributed by atoms with E-state index in [0.29, 0.717) is 4.47 Å². The zero-order valence-corrected chi connectivity index (χ0v) is 12.6. The summed E-state index contributed by atoms with van der Waals surface area (Å²) in [5.74, 6) is -0.973. The molecule has 2 rings (SSSR count). The molecule has 0 amide bonds. The van der Waals surface area contributed by atoms with Crippen LogP contribution >= 0.6 is 27.5 Å². The lowest BCUT2D eigenvalue weighted by Gasteiger charge is -2.09. The predicted octanol–water partition coefficient (Wildman–Crippen LogP) is 4.50. The Morgan fingerprint density at radius 3 is 2.62 bits per heavy atom. The standard InChI is InChI=1S/C13H7BrClNO5/c14-9-6-7(4-5-8(9)13(17)18)21-12-10(15)2-1-3-11(12)16(19)20/h1-6H,(H,17,18). The van der Waals surface area contributed by atoms with E-state index in [1.165, 1.54) is 36.4 Å². The van der Waals surface area contributed by atoms with Gasteiger partial charge in [0.2, 0.25) is 5.75 Å². The Labute approximate surface area is 132 Å². The van der Waals surface area contributed by atoms with Crippen molar-refractivity contribution in [1.29, 1.82) is 0 Å². The molecule has 21 heavy (non-hydrogen) atoms. The first-order valence-electron chi connectivity index (χ1n) is 5.53. The molecule has 0 aliphatic heterocycles. The Morgan fingerprint density at radius 1 is 1.33 bits per heavy atom. The number of nitro benzene ring substituents is 1. The van der Waals surface area contributed by atoms with Gasteiger partial charge in [-0.2, -0.15) is 0 Å². The molecule has 0 atom stereocenters. The van der Waals surface area contributed by atoms with E-state index in [2.05, 4.69) is 15.9 Å². The first kappa shape index (κ1) is 15.3. The second-order valence-electron chi connectivity index (χ2n) is 3.89. The van der Waals surface area contributed by atoms with E-state index >= 15 is 0 Å². The van der Waals surface area contributed by atoms with E-state index in [9.17, 15) is 14.9 Å². The lowest BCUT2D eigenvalue weighted by Crippen LogP contribution is -1.98. The van der Waals surface area contributed by atoms with Gasteiger partial charge >= 0.3 is 11.7 Å². The number of benzene rings is 2. The lowest BCUT2D eigenvalue weighted by molar-refractivity contribution is -0.385. The minimum absolute atomic E-state index is 0.0519. The van der Waals surface area contributed by atoms with E-state index in [1.807, 2.05) is 0 Å². The van der Waals surface area contributed by atoms with Gasteiger partial charge in [-0.05, 0) is 40.2 Å². The summed E-state index contributed by atoms with van der Waals surface area (Å²) in [6, 6.07) is 8.28. The minimum atomic E-state index is -1.10. The molecule has 0 spiro atoms. The van der Waals surface area contributed by atoms with Crippen molar-refractivity contribution in [2.24, 2.45) is 0 Å².